The van der Waals surface area contributed by atoms with Crippen LogP contribution in [0.1, 0.15) is 29.0 Å². The van der Waals surface area contributed by atoms with Crippen molar-refractivity contribution >= 4 is 23.0 Å². The summed E-state index contributed by atoms with van der Waals surface area (Å²) in [5.74, 6) is 1.58. The Morgan fingerprint density at radius 3 is 2.27 bits per heavy atom. The lowest BCUT2D eigenvalue weighted by Crippen LogP contribution is -2.30. The maximum Gasteiger partial charge on any atom is 0.174 e. The van der Waals surface area contributed by atoms with E-state index in [0.29, 0.717) is 5.11 Å². The van der Waals surface area contributed by atoms with Crippen molar-refractivity contribution in [3.63, 3.8) is 0 Å². The van der Waals surface area contributed by atoms with Gasteiger partial charge >= 0.3 is 0 Å². The summed E-state index contributed by atoms with van der Waals surface area (Å²) in [7, 11) is 0. The van der Waals surface area contributed by atoms with Crippen LogP contribution in [0.15, 0.2) is 122 Å². The molecular formula is C31H26N4OS. The van der Waals surface area contributed by atoms with E-state index < -0.39 is 0 Å². The van der Waals surface area contributed by atoms with Crippen molar-refractivity contribution in [2.75, 3.05) is 4.90 Å². The predicted octanol–water partition coefficient (Wildman–Crippen LogP) is 7.15. The Kier molecular flexibility index (Phi) is 6.16. The zero-order chi connectivity index (χ0) is 25.2. The van der Waals surface area contributed by atoms with Gasteiger partial charge in [0.2, 0.25) is 0 Å². The molecule has 182 valence electrons. The van der Waals surface area contributed by atoms with Crippen LogP contribution in [0.4, 0.5) is 5.69 Å². The SMILES string of the molecule is Cc1ccccc1-n1cccc1[C@H]1[C@@H](c2ccccn2)NC(=S)N1c1ccc(Oc2ccccc2)cc1. The standard InChI is InChI=1S/C31H26N4OS/c1-22-10-5-6-14-27(22)34-21-9-15-28(34)30-29(26-13-7-8-20-32-26)33-31(37)35(30)23-16-18-25(19-17-23)36-24-11-3-2-4-12-24/h2-21,29-30H,1H3,(H,33,37)/t29-,30+/m1/s1. The quantitative estimate of drug-likeness (QED) is 0.250. The molecule has 3 aromatic carbocycles. The highest BCUT2D eigenvalue weighted by Crippen LogP contribution is 2.42. The first-order chi connectivity index (χ1) is 18.2. The largest absolute Gasteiger partial charge is 0.457 e. The maximum absolute atomic E-state index is 6.02. The number of para-hydroxylation sites is 2. The van der Waals surface area contributed by atoms with Crippen LogP contribution < -0.4 is 15.0 Å². The van der Waals surface area contributed by atoms with Gasteiger partial charge in [-0.05, 0) is 91.4 Å². The smallest absolute Gasteiger partial charge is 0.174 e. The van der Waals surface area contributed by atoms with Gasteiger partial charge in [0.1, 0.15) is 17.5 Å². The molecule has 0 saturated carbocycles. The Morgan fingerprint density at radius 1 is 0.784 bits per heavy atom. The molecule has 6 heteroatoms. The van der Waals surface area contributed by atoms with Crippen LogP contribution in [0, 0.1) is 6.92 Å². The summed E-state index contributed by atoms with van der Waals surface area (Å²) < 4.78 is 8.28. The van der Waals surface area contributed by atoms with Crippen LogP contribution in [0.3, 0.4) is 0 Å². The molecule has 1 aliphatic rings. The molecule has 3 heterocycles. The van der Waals surface area contributed by atoms with E-state index in [2.05, 4.69) is 87.5 Å². The molecule has 0 bridgehead atoms. The highest BCUT2D eigenvalue weighted by atomic mass is 32.1. The van der Waals surface area contributed by atoms with Crippen molar-refractivity contribution in [3.05, 3.63) is 139 Å². The zero-order valence-electron chi connectivity index (χ0n) is 20.4. The number of hydrogen-bond donors (Lipinski definition) is 1. The summed E-state index contributed by atoms with van der Waals surface area (Å²) in [6.45, 7) is 2.14. The summed E-state index contributed by atoms with van der Waals surface area (Å²) in [6, 6.07) is 36.3. The maximum atomic E-state index is 6.02. The van der Waals surface area contributed by atoms with Gasteiger partial charge < -0.3 is 19.5 Å². The molecule has 0 radical (unpaired) electrons. The topological polar surface area (TPSA) is 42.3 Å². The molecule has 37 heavy (non-hydrogen) atoms. The number of ether oxygens (including phenoxy) is 1. The molecule has 5 aromatic rings. The molecular weight excluding hydrogens is 476 g/mol. The number of pyridine rings is 1. The van der Waals surface area contributed by atoms with Crippen LogP contribution in [0.25, 0.3) is 5.69 Å². The summed E-state index contributed by atoms with van der Waals surface area (Å²) in [5, 5.41) is 4.22. The number of anilines is 1. The number of nitrogens with one attached hydrogen (secondary N) is 1. The van der Waals surface area contributed by atoms with Gasteiger partial charge in [0.15, 0.2) is 5.11 Å². The van der Waals surface area contributed by atoms with E-state index in [9.17, 15) is 0 Å². The number of rotatable bonds is 6. The van der Waals surface area contributed by atoms with Gasteiger partial charge in [-0.25, -0.2) is 0 Å². The summed E-state index contributed by atoms with van der Waals surface area (Å²) >= 11 is 5.92. The zero-order valence-corrected chi connectivity index (χ0v) is 21.2. The van der Waals surface area contributed by atoms with E-state index in [1.807, 2.05) is 60.8 Å². The van der Waals surface area contributed by atoms with Crippen LogP contribution in [0.5, 0.6) is 11.5 Å². The van der Waals surface area contributed by atoms with Crippen LogP contribution in [0.2, 0.25) is 0 Å². The minimum atomic E-state index is -0.119. The molecule has 1 saturated heterocycles. The Morgan fingerprint density at radius 2 is 1.51 bits per heavy atom. The minimum absolute atomic E-state index is 0.113. The number of nitrogens with zero attached hydrogens (tertiary/aromatic N) is 3. The van der Waals surface area contributed by atoms with E-state index in [1.165, 1.54) is 5.56 Å². The monoisotopic (exact) mass is 502 g/mol. The number of thiocarbonyl (C=S) groups is 1. The molecule has 1 aliphatic heterocycles. The third-order valence-electron chi connectivity index (χ3n) is 6.65. The van der Waals surface area contributed by atoms with Crippen molar-refractivity contribution in [1.29, 1.82) is 0 Å². The summed E-state index contributed by atoms with van der Waals surface area (Å²) in [5.41, 5.74) is 5.41. The van der Waals surface area contributed by atoms with Gasteiger partial charge in [-0.2, -0.15) is 0 Å². The molecule has 2 aromatic heterocycles. The Bertz CT molecular complexity index is 1520. The predicted molar refractivity (Wildman–Crippen MR) is 151 cm³/mol. The van der Waals surface area contributed by atoms with Crippen molar-refractivity contribution in [1.82, 2.24) is 14.9 Å². The molecule has 1 fully saturated rings. The van der Waals surface area contributed by atoms with E-state index >= 15 is 0 Å². The fourth-order valence-electron chi connectivity index (χ4n) is 4.92. The molecule has 1 N–H and O–H groups in total. The first kappa shape index (κ1) is 23.0. The van der Waals surface area contributed by atoms with E-state index in [0.717, 1.165) is 34.3 Å². The third-order valence-corrected chi connectivity index (χ3v) is 6.96. The second-order valence-electron chi connectivity index (χ2n) is 9.00. The van der Waals surface area contributed by atoms with Crippen LogP contribution in [-0.2, 0) is 0 Å². The Hall–Kier alpha value is -4.42. The number of hydrogen-bond acceptors (Lipinski definition) is 3. The van der Waals surface area contributed by atoms with Gasteiger partial charge in [0.25, 0.3) is 0 Å². The highest BCUT2D eigenvalue weighted by molar-refractivity contribution is 7.80. The minimum Gasteiger partial charge on any atom is -0.457 e. The lowest BCUT2D eigenvalue weighted by atomic mass is 10.0. The Balaban J connectivity index is 1.41. The first-order valence-electron chi connectivity index (χ1n) is 12.3. The van der Waals surface area contributed by atoms with Gasteiger partial charge in [-0.1, -0.05) is 42.5 Å². The van der Waals surface area contributed by atoms with Crippen LogP contribution >= 0.6 is 12.2 Å². The summed E-state index contributed by atoms with van der Waals surface area (Å²) in [4.78, 5) is 6.87. The highest BCUT2D eigenvalue weighted by Gasteiger charge is 2.42. The van der Waals surface area contributed by atoms with E-state index in [1.54, 1.807) is 0 Å². The average Bonchev–Trinajstić information content (AvgIpc) is 3.55. The number of benzene rings is 3. The molecule has 2 atom stereocenters. The fourth-order valence-corrected chi connectivity index (χ4v) is 5.27. The molecule has 0 aliphatic carbocycles. The van der Waals surface area contributed by atoms with Crippen LogP contribution in [-0.4, -0.2) is 14.7 Å². The van der Waals surface area contributed by atoms with Gasteiger partial charge in [0, 0.05) is 29.5 Å². The van der Waals surface area contributed by atoms with E-state index in [-0.39, 0.29) is 12.1 Å². The third kappa shape index (κ3) is 4.47. The second-order valence-corrected chi connectivity index (χ2v) is 9.38. The van der Waals surface area contributed by atoms with Crippen molar-refractivity contribution in [3.8, 4) is 17.2 Å². The van der Waals surface area contributed by atoms with Gasteiger partial charge in [-0.15, -0.1) is 0 Å². The van der Waals surface area contributed by atoms with E-state index in [4.69, 9.17) is 17.0 Å². The Labute approximate surface area is 222 Å². The molecule has 6 rings (SSSR count). The average molecular weight is 503 g/mol. The van der Waals surface area contributed by atoms with Crippen molar-refractivity contribution in [2.24, 2.45) is 0 Å². The molecule has 5 nitrogen and oxygen atoms in total. The first-order valence-corrected chi connectivity index (χ1v) is 12.7. The van der Waals surface area contributed by atoms with Crippen molar-refractivity contribution in [2.45, 2.75) is 19.0 Å². The molecule has 0 amide bonds. The normalized spacial score (nSPS) is 17.0. The lowest BCUT2D eigenvalue weighted by Gasteiger charge is -2.29. The molecule has 0 unspecified atom stereocenters. The fraction of sp³-hybridized carbons (Fsp3) is 0.0968. The van der Waals surface area contributed by atoms with Gasteiger partial charge in [0.05, 0.1) is 11.7 Å². The lowest BCUT2D eigenvalue weighted by molar-refractivity contribution is 0.482. The number of aromatic nitrogens is 2. The molecule has 0 spiro atoms. The second kappa shape index (κ2) is 9.91. The summed E-state index contributed by atoms with van der Waals surface area (Å²) in [6.07, 6.45) is 3.94. The van der Waals surface area contributed by atoms with Gasteiger partial charge in [-0.3, -0.25) is 4.98 Å². The van der Waals surface area contributed by atoms with Crippen molar-refractivity contribution < 1.29 is 4.74 Å². The number of aryl methyl sites for hydroxylation is 1.